The molecule has 0 N–H and O–H groups in total. The Balaban J connectivity index is 1.78. The minimum absolute atomic E-state index is 0.177. The second-order valence-corrected chi connectivity index (χ2v) is 7.76. The van der Waals surface area contributed by atoms with Gasteiger partial charge in [0.05, 0.1) is 18.6 Å². The number of allylic oxidation sites excluding steroid dienone is 1. The molecule has 0 saturated carbocycles. The summed E-state index contributed by atoms with van der Waals surface area (Å²) in [5.41, 5.74) is 3.72. The van der Waals surface area contributed by atoms with Crippen LogP contribution in [0.25, 0.3) is 6.08 Å². The molecule has 4 heteroatoms. The van der Waals surface area contributed by atoms with Crippen LogP contribution in [0.15, 0.2) is 110 Å². The third-order valence-corrected chi connectivity index (χ3v) is 5.67. The maximum absolute atomic E-state index is 11.6. The highest BCUT2D eigenvalue weighted by molar-refractivity contribution is 5.69. The zero-order chi connectivity index (χ0) is 22.9. The van der Waals surface area contributed by atoms with Gasteiger partial charge in [0.2, 0.25) is 0 Å². The number of benzene rings is 3. The van der Waals surface area contributed by atoms with Gasteiger partial charge in [-0.3, -0.25) is 4.79 Å². The zero-order valence-corrected chi connectivity index (χ0v) is 18.8. The molecule has 0 spiro atoms. The summed E-state index contributed by atoms with van der Waals surface area (Å²) >= 11 is 0. The van der Waals surface area contributed by atoms with Gasteiger partial charge in [-0.1, -0.05) is 97.1 Å². The van der Waals surface area contributed by atoms with Gasteiger partial charge in [0, 0.05) is 12.6 Å². The van der Waals surface area contributed by atoms with Gasteiger partial charge in [-0.15, -0.1) is 0 Å². The first-order chi connectivity index (χ1) is 16.2. The normalized spacial score (nSPS) is 11.5. The average molecular weight is 437 g/mol. The average Bonchev–Trinajstić information content (AvgIpc) is 3.34. The van der Waals surface area contributed by atoms with Crippen LogP contribution < -0.4 is 0 Å². The molecule has 0 bridgehead atoms. The number of carbonyl (C=O) groups excluding carboxylic acids is 1. The van der Waals surface area contributed by atoms with Crippen molar-refractivity contribution in [1.29, 1.82) is 0 Å². The highest BCUT2D eigenvalue weighted by atomic mass is 16.5. The Morgan fingerprint density at radius 3 is 1.88 bits per heavy atom. The minimum Gasteiger partial charge on any atom is -0.466 e. The van der Waals surface area contributed by atoms with Crippen molar-refractivity contribution in [3.8, 4) is 0 Å². The summed E-state index contributed by atoms with van der Waals surface area (Å²) in [7, 11) is 0. The fourth-order valence-electron chi connectivity index (χ4n) is 4.23. The molecular formula is C29H28N2O2. The first kappa shape index (κ1) is 22.3. The molecule has 0 fully saturated rings. The molecule has 4 aromatic rings. The van der Waals surface area contributed by atoms with Crippen molar-refractivity contribution in [2.75, 3.05) is 6.61 Å². The molecule has 33 heavy (non-hydrogen) atoms. The smallest absolute Gasteiger partial charge is 0.306 e. The van der Waals surface area contributed by atoms with E-state index in [0.717, 1.165) is 22.4 Å². The molecule has 0 aliphatic rings. The number of nitrogens with zero attached hydrogens (tertiary/aromatic N) is 2. The minimum atomic E-state index is -0.576. The zero-order valence-electron chi connectivity index (χ0n) is 18.8. The van der Waals surface area contributed by atoms with Gasteiger partial charge in [-0.25, -0.2) is 4.98 Å². The summed E-state index contributed by atoms with van der Waals surface area (Å²) in [6, 6.07) is 31.5. The van der Waals surface area contributed by atoms with Gasteiger partial charge in [-0.05, 0) is 36.1 Å². The molecule has 0 aliphatic carbocycles. The topological polar surface area (TPSA) is 44.1 Å². The SMILES string of the molecule is CCOC(=O)CCC=Cc1cn(C(c2ccccc2)(c2ccccc2)c2ccccc2)cn1. The molecule has 1 heterocycles. The Hall–Kier alpha value is -3.92. The molecule has 4 nitrogen and oxygen atoms in total. The molecule has 0 unspecified atom stereocenters. The lowest BCUT2D eigenvalue weighted by Crippen LogP contribution is -2.36. The van der Waals surface area contributed by atoms with Gasteiger partial charge in [0.1, 0.15) is 5.54 Å². The van der Waals surface area contributed by atoms with Crippen molar-refractivity contribution < 1.29 is 9.53 Å². The van der Waals surface area contributed by atoms with Gasteiger partial charge >= 0.3 is 5.97 Å². The monoisotopic (exact) mass is 436 g/mol. The lowest BCUT2D eigenvalue weighted by atomic mass is 9.77. The van der Waals surface area contributed by atoms with Crippen LogP contribution in [0, 0.1) is 0 Å². The molecule has 166 valence electrons. The van der Waals surface area contributed by atoms with E-state index in [2.05, 4.69) is 88.5 Å². The van der Waals surface area contributed by atoms with E-state index >= 15 is 0 Å². The van der Waals surface area contributed by atoms with Crippen LogP contribution >= 0.6 is 0 Å². The first-order valence-corrected chi connectivity index (χ1v) is 11.3. The lowest BCUT2D eigenvalue weighted by Gasteiger charge is -2.37. The van der Waals surface area contributed by atoms with Crippen molar-refractivity contribution in [3.05, 3.63) is 132 Å². The van der Waals surface area contributed by atoms with Gasteiger partial charge < -0.3 is 9.30 Å². The number of imidazole rings is 1. The van der Waals surface area contributed by atoms with Crippen LogP contribution in [-0.4, -0.2) is 22.1 Å². The molecule has 3 aromatic carbocycles. The largest absolute Gasteiger partial charge is 0.466 e. The van der Waals surface area contributed by atoms with Crippen LogP contribution in [0.2, 0.25) is 0 Å². The second kappa shape index (κ2) is 10.6. The first-order valence-electron chi connectivity index (χ1n) is 11.3. The van der Waals surface area contributed by atoms with Crippen LogP contribution in [0.5, 0.6) is 0 Å². The van der Waals surface area contributed by atoms with E-state index in [9.17, 15) is 4.79 Å². The highest BCUT2D eigenvalue weighted by Gasteiger charge is 2.38. The van der Waals surface area contributed by atoms with E-state index in [0.29, 0.717) is 19.4 Å². The van der Waals surface area contributed by atoms with Gasteiger partial charge in [-0.2, -0.15) is 0 Å². The van der Waals surface area contributed by atoms with E-state index in [1.165, 1.54) is 0 Å². The molecule has 0 aliphatic heterocycles. The predicted octanol–water partition coefficient (Wildman–Crippen LogP) is 6.08. The van der Waals surface area contributed by atoms with Crippen molar-refractivity contribution in [1.82, 2.24) is 9.55 Å². The van der Waals surface area contributed by atoms with E-state index in [1.807, 2.05) is 43.6 Å². The fraction of sp³-hybridized carbons (Fsp3) is 0.172. The summed E-state index contributed by atoms with van der Waals surface area (Å²) in [6.07, 6.45) is 8.87. The van der Waals surface area contributed by atoms with Crippen LogP contribution in [0.3, 0.4) is 0 Å². The third kappa shape index (κ3) is 4.80. The van der Waals surface area contributed by atoms with Crippen LogP contribution in [0.4, 0.5) is 0 Å². The number of aromatic nitrogens is 2. The maximum atomic E-state index is 11.6. The summed E-state index contributed by atoms with van der Waals surface area (Å²) in [6.45, 7) is 2.23. The number of hydrogen-bond donors (Lipinski definition) is 0. The number of hydrogen-bond acceptors (Lipinski definition) is 3. The molecule has 0 saturated heterocycles. The van der Waals surface area contributed by atoms with Crippen molar-refractivity contribution in [2.45, 2.75) is 25.3 Å². The number of ether oxygens (including phenoxy) is 1. The van der Waals surface area contributed by atoms with E-state index in [4.69, 9.17) is 4.74 Å². The Kier molecular flexibility index (Phi) is 7.16. The predicted molar refractivity (Wildman–Crippen MR) is 132 cm³/mol. The Morgan fingerprint density at radius 1 is 0.879 bits per heavy atom. The van der Waals surface area contributed by atoms with E-state index in [1.54, 1.807) is 0 Å². The fourth-order valence-corrected chi connectivity index (χ4v) is 4.23. The van der Waals surface area contributed by atoms with Crippen molar-refractivity contribution >= 4 is 12.0 Å². The highest BCUT2D eigenvalue weighted by Crippen LogP contribution is 2.40. The Bertz CT molecular complexity index is 1090. The maximum Gasteiger partial charge on any atom is 0.306 e. The number of esters is 1. The Morgan fingerprint density at radius 2 is 1.39 bits per heavy atom. The van der Waals surface area contributed by atoms with E-state index < -0.39 is 5.54 Å². The summed E-state index contributed by atoms with van der Waals surface area (Å²) in [4.78, 5) is 16.3. The summed E-state index contributed by atoms with van der Waals surface area (Å²) in [5, 5.41) is 0. The van der Waals surface area contributed by atoms with Crippen molar-refractivity contribution in [2.24, 2.45) is 0 Å². The van der Waals surface area contributed by atoms with Crippen LogP contribution in [0.1, 0.15) is 42.1 Å². The number of carbonyl (C=O) groups is 1. The molecule has 0 radical (unpaired) electrons. The third-order valence-electron chi connectivity index (χ3n) is 5.67. The molecular weight excluding hydrogens is 408 g/mol. The quantitative estimate of drug-likeness (QED) is 0.236. The standard InChI is InChI=1S/C29H28N2O2/c1-2-33-28(32)21-13-12-20-27-22-31(23-30-27)29(24-14-6-3-7-15-24,25-16-8-4-9-17-25)26-18-10-5-11-19-26/h3-12,14-20,22-23H,2,13,21H2,1H3. The van der Waals surface area contributed by atoms with Gasteiger partial charge in [0.15, 0.2) is 0 Å². The number of rotatable bonds is 9. The molecule has 0 amide bonds. The van der Waals surface area contributed by atoms with E-state index in [-0.39, 0.29) is 5.97 Å². The lowest BCUT2D eigenvalue weighted by molar-refractivity contribution is -0.142. The summed E-state index contributed by atoms with van der Waals surface area (Å²) < 4.78 is 7.18. The van der Waals surface area contributed by atoms with Crippen LogP contribution in [-0.2, 0) is 15.1 Å². The second-order valence-electron chi connectivity index (χ2n) is 7.76. The Labute approximate surface area is 195 Å². The van der Waals surface area contributed by atoms with Gasteiger partial charge in [0.25, 0.3) is 0 Å². The molecule has 0 atom stereocenters. The molecule has 1 aromatic heterocycles. The summed E-state index contributed by atoms with van der Waals surface area (Å²) in [5.74, 6) is -0.177. The molecule has 4 rings (SSSR count). The van der Waals surface area contributed by atoms with Crippen molar-refractivity contribution in [3.63, 3.8) is 0 Å².